The van der Waals surface area contributed by atoms with Crippen LogP contribution in [0.4, 0.5) is 0 Å². The largest absolute Gasteiger partial charge is 0.391 e. The highest BCUT2D eigenvalue weighted by Crippen LogP contribution is 2.42. The fourth-order valence-corrected chi connectivity index (χ4v) is 2.46. The number of carbonyl (C=O) groups excluding carboxylic acids is 1. The normalized spacial score (nSPS) is 14.1. The molecule has 0 aliphatic carbocycles. The van der Waals surface area contributed by atoms with Crippen molar-refractivity contribution in [2.24, 2.45) is 0 Å². The van der Waals surface area contributed by atoms with Gasteiger partial charge in [0.15, 0.2) is 0 Å². The van der Waals surface area contributed by atoms with E-state index in [-0.39, 0.29) is 0 Å². The van der Waals surface area contributed by atoms with Gasteiger partial charge < -0.3 is 13.9 Å². The SMILES string of the molecule is CCCCCCCCCCCC(=O)OP(O)(=S)OC. The lowest BCUT2D eigenvalue weighted by molar-refractivity contribution is -0.135. The minimum atomic E-state index is -3.32. The summed E-state index contributed by atoms with van der Waals surface area (Å²) in [5.74, 6) is -0.462. The van der Waals surface area contributed by atoms with Gasteiger partial charge in [-0.25, -0.2) is 0 Å². The van der Waals surface area contributed by atoms with Crippen molar-refractivity contribution >= 4 is 24.5 Å². The van der Waals surface area contributed by atoms with E-state index in [9.17, 15) is 9.69 Å². The Hall–Kier alpha value is 0.0400. The molecule has 0 bridgehead atoms. The molecule has 0 aliphatic rings. The fourth-order valence-electron chi connectivity index (χ4n) is 1.79. The van der Waals surface area contributed by atoms with Crippen molar-refractivity contribution in [2.75, 3.05) is 7.11 Å². The summed E-state index contributed by atoms with van der Waals surface area (Å²) in [4.78, 5) is 20.6. The molecule has 0 fully saturated rings. The molecule has 0 rings (SSSR count). The maximum Gasteiger partial charge on any atom is 0.379 e. The van der Waals surface area contributed by atoms with E-state index in [0.29, 0.717) is 6.42 Å². The Morgan fingerprint density at radius 2 is 1.53 bits per heavy atom. The first-order valence-corrected chi connectivity index (χ1v) is 9.72. The van der Waals surface area contributed by atoms with Gasteiger partial charge in [0.25, 0.3) is 0 Å². The zero-order chi connectivity index (χ0) is 14.6. The molecular weight excluding hydrogens is 283 g/mol. The zero-order valence-electron chi connectivity index (χ0n) is 12.1. The van der Waals surface area contributed by atoms with Crippen LogP contribution in [-0.4, -0.2) is 18.0 Å². The Bertz CT molecular complexity index is 284. The minimum absolute atomic E-state index is 0.304. The molecule has 0 aromatic carbocycles. The van der Waals surface area contributed by atoms with Crippen LogP contribution < -0.4 is 0 Å². The summed E-state index contributed by atoms with van der Waals surface area (Å²) < 4.78 is 9.22. The molecule has 19 heavy (non-hydrogen) atoms. The Balaban J connectivity index is 3.35. The van der Waals surface area contributed by atoms with E-state index in [1.807, 2.05) is 0 Å². The van der Waals surface area contributed by atoms with Crippen molar-refractivity contribution in [1.29, 1.82) is 0 Å². The molecule has 1 atom stereocenters. The quantitative estimate of drug-likeness (QED) is 0.430. The Morgan fingerprint density at radius 3 is 2.00 bits per heavy atom. The van der Waals surface area contributed by atoms with Gasteiger partial charge in [-0.3, -0.25) is 4.79 Å². The monoisotopic (exact) mass is 310 g/mol. The Labute approximate surface area is 122 Å². The van der Waals surface area contributed by atoms with Crippen LogP contribution in [-0.2, 0) is 25.6 Å². The molecule has 0 heterocycles. The van der Waals surface area contributed by atoms with Gasteiger partial charge in [0.2, 0.25) is 0 Å². The highest BCUT2D eigenvalue weighted by atomic mass is 32.5. The lowest BCUT2D eigenvalue weighted by Gasteiger charge is -2.12. The van der Waals surface area contributed by atoms with Crippen LogP contribution in [0, 0.1) is 0 Å². The molecule has 1 N–H and O–H groups in total. The first kappa shape index (κ1) is 19.0. The van der Waals surface area contributed by atoms with Crippen molar-refractivity contribution in [3.05, 3.63) is 0 Å². The number of unbranched alkanes of at least 4 members (excludes halogenated alkanes) is 8. The highest BCUT2D eigenvalue weighted by molar-refractivity contribution is 8.07. The molecule has 0 spiro atoms. The van der Waals surface area contributed by atoms with Crippen molar-refractivity contribution in [2.45, 2.75) is 71.1 Å². The number of carbonyl (C=O) groups is 1. The summed E-state index contributed by atoms with van der Waals surface area (Å²) in [7, 11) is 1.24. The van der Waals surface area contributed by atoms with Crippen LogP contribution >= 0.6 is 6.72 Å². The fraction of sp³-hybridized carbons (Fsp3) is 0.923. The van der Waals surface area contributed by atoms with Gasteiger partial charge >= 0.3 is 12.7 Å². The molecule has 6 heteroatoms. The third kappa shape index (κ3) is 12.8. The summed E-state index contributed by atoms with van der Waals surface area (Å²) in [5.41, 5.74) is 0. The van der Waals surface area contributed by atoms with Crippen molar-refractivity contribution in [3.8, 4) is 0 Å². The molecule has 114 valence electrons. The molecule has 0 aromatic rings. The summed E-state index contributed by atoms with van der Waals surface area (Å²) in [6.07, 6.45) is 11.0. The smallest absolute Gasteiger partial charge is 0.379 e. The van der Waals surface area contributed by atoms with E-state index in [2.05, 4.69) is 27.8 Å². The molecular formula is C13H27O4PS. The van der Waals surface area contributed by atoms with E-state index >= 15 is 0 Å². The average molecular weight is 310 g/mol. The first-order chi connectivity index (χ1) is 9.02. The molecule has 1 unspecified atom stereocenters. The maximum atomic E-state index is 11.3. The molecule has 0 aromatic heterocycles. The molecule has 0 aliphatic heterocycles. The Kier molecular flexibility index (Phi) is 11.9. The lowest BCUT2D eigenvalue weighted by atomic mass is 10.1. The van der Waals surface area contributed by atoms with Gasteiger partial charge in [0.05, 0.1) is 0 Å². The van der Waals surface area contributed by atoms with E-state index < -0.39 is 12.7 Å². The van der Waals surface area contributed by atoms with Crippen LogP contribution in [0.25, 0.3) is 0 Å². The third-order valence-corrected chi connectivity index (χ3v) is 4.50. The predicted octanol–water partition coefficient (Wildman–Crippen LogP) is 4.31. The molecule has 4 nitrogen and oxygen atoms in total. The number of hydrogen-bond acceptors (Lipinski definition) is 4. The topological polar surface area (TPSA) is 55.8 Å². The second-order valence-corrected chi connectivity index (χ2v) is 7.56. The van der Waals surface area contributed by atoms with Crippen LogP contribution in [0.2, 0.25) is 0 Å². The maximum absolute atomic E-state index is 11.3. The van der Waals surface area contributed by atoms with E-state index in [1.165, 1.54) is 45.6 Å². The van der Waals surface area contributed by atoms with E-state index in [0.717, 1.165) is 19.3 Å². The van der Waals surface area contributed by atoms with Crippen molar-refractivity contribution in [1.82, 2.24) is 0 Å². The zero-order valence-corrected chi connectivity index (χ0v) is 13.8. The highest BCUT2D eigenvalue weighted by Gasteiger charge is 2.17. The van der Waals surface area contributed by atoms with Gasteiger partial charge in [-0.2, -0.15) is 0 Å². The van der Waals surface area contributed by atoms with Crippen LogP contribution in [0.1, 0.15) is 71.1 Å². The van der Waals surface area contributed by atoms with Crippen LogP contribution in [0.5, 0.6) is 0 Å². The van der Waals surface area contributed by atoms with E-state index in [1.54, 1.807) is 0 Å². The summed E-state index contributed by atoms with van der Waals surface area (Å²) >= 11 is 4.59. The van der Waals surface area contributed by atoms with Gasteiger partial charge in [-0.05, 0) is 6.42 Å². The Morgan fingerprint density at radius 1 is 1.05 bits per heavy atom. The lowest BCUT2D eigenvalue weighted by Crippen LogP contribution is -2.03. The summed E-state index contributed by atoms with van der Waals surface area (Å²) in [6, 6.07) is 0. The van der Waals surface area contributed by atoms with Gasteiger partial charge in [0, 0.05) is 25.3 Å². The summed E-state index contributed by atoms with van der Waals surface area (Å²) in [5, 5.41) is 0. The van der Waals surface area contributed by atoms with Gasteiger partial charge in [0.1, 0.15) is 0 Å². The number of hydrogen-bond donors (Lipinski definition) is 1. The van der Waals surface area contributed by atoms with Gasteiger partial charge in [-0.15, -0.1) is 0 Å². The second kappa shape index (κ2) is 11.8. The number of rotatable bonds is 12. The van der Waals surface area contributed by atoms with Crippen molar-refractivity contribution < 1.29 is 18.7 Å². The van der Waals surface area contributed by atoms with Crippen molar-refractivity contribution in [3.63, 3.8) is 0 Å². The van der Waals surface area contributed by atoms with Gasteiger partial charge in [-0.1, -0.05) is 58.3 Å². The molecule has 0 saturated carbocycles. The third-order valence-electron chi connectivity index (χ3n) is 2.93. The molecule has 0 radical (unpaired) electrons. The molecule has 0 saturated heterocycles. The summed E-state index contributed by atoms with van der Waals surface area (Å²) in [6.45, 7) is -1.11. The standard InChI is InChI=1S/C13H27O4PS/c1-3-4-5-6-7-8-9-10-11-12-13(14)17-18(15,19)16-2/h3-12H2,1-2H3,(H,15,19). The average Bonchev–Trinajstić information content (AvgIpc) is 2.36. The van der Waals surface area contributed by atoms with E-state index in [4.69, 9.17) is 0 Å². The minimum Gasteiger partial charge on any atom is -0.391 e. The predicted molar refractivity (Wildman–Crippen MR) is 81.4 cm³/mol. The first-order valence-electron chi connectivity index (χ1n) is 7.12. The van der Waals surface area contributed by atoms with Crippen LogP contribution in [0.3, 0.4) is 0 Å². The van der Waals surface area contributed by atoms with Crippen LogP contribution in [0.15, 0.2) is 0 Å². The molecule has 0 amide bonds. The second-order valence-electron chi connectivity index (χ2n) is 4.69.